The first-order valence-corrected chi connectivity index (χ1v) is 13.1. The van der Waals surface area contributed by atoms with Crippen LogP contribution in [0.5, 0.6) is 5.75 Å². The van der Waals surface area contributed by atoms with Gasteiger partial charge in [0.25, 0.3) is 0 Å². The predicted molar refractivity (Wildman–Crippen MR) is 114 cm³/mol. The highest BCUT2D eigenvalue weighted by atomic mass is 32.2. The molecule has 0 spiro atoms. The number of ether oxygens (including phenoxy) is 3. The third kappa shape index (κ3) is 4.30. The lowest BCUT2D eigenvalue weighted by Gasteiger charge is -2.28. The van der Waals surface area contributed by atoms with Crippen LogP contribution in [0.4, 0.5) is 0 Å². The molecule has 0 saturated carbocycles. The topological polar surface area (TPSA) is 102 Å². The number of benzene rings is 2. The molecule has 170 valence electrons. The van der Waals surface area contributed by atoms with Gasteiger partial charge in [0.2, 0.25) is 20.0 Å². The summed E-state index contributed by atoms with van der Waals surface area (Å²) in [5.74, 6) is 0.255. The Morgan fingerprint density at radius 2 is 1.42 bits per heavy atom. The Hall–Kier alpha value is -1.76. The Balaban J connectivity index is 1.82. The third-order valence-corrected chi connectivity index (χ3v) is 9.26. The van der Waals surface area contributed by atoms with E-state index in [2.05, 4.69) is 0 Å². The summed E-state index contributed by atoms with van der Waals surface area (Å²) < 4.78 is 72.0. The molecule has 2 aliphatic heterocycles. The first kappa shape index (κ1) is 22.4. The molecule has 2 aromatic rings. The average Bonchev–Trinajstić information content (AvgIpc) is 2.79. The molecule has 0 bridgehead atoms. The first-order valence-electron chi connectivity index (χ1n) is 10.2. The van der Waals surface area contributed by atoms with E-state index >= 15 is 0 Å². The molecular formula is C20H26N2O7S2. The van der Waals surface area contributed by atoms with Crippen LogP contribution in [0.1, 0.15) is 6.92 Å². The molecule has 0 atom stereocenters. The van der Waals surface area contributed by atoms with Gasteiger partial charge in [-0.2, -0.15) is 8.61 Å². The van der Waals surface area contributed by atoms with E-state index in [1.54, 1.807) is 25.1 Å². The van der Waals surface area contributed by atoms with Crippen LogP contribution in [0.25, 0.3) is 10.8 Å². The second-order valence-electron chi connectivity index (χ2n) is 7.24. The van der Waals surface area contributed by atoms with E-state index < -0.39 is 20.0 Å². The van der Waals surface area contributed by atoms with Gasteiger partial charge in [-0.3, -0.25) is 0 Å². The van der Waals surface area contributed by atoms with Crippen LogP contribution in [0.2, 0.25) is 0 Å². The zero-order valence-corrected chi connectivity index (χ0v) is 19.0. The molecule has 2 fully saturated rings. The summed E-state index contributed by atoms with van der Waals surface area (Å²) in [6.07, 6.45) is 0. The minimum absolute atomic E-state index is 0.0593. The van der Waals surface area contributed by atoms with Crippen LogP contribution in [0.3, 0.4) is 0 Å². The summed E-state index contributed by atoms with van der Waals surface area (Å²) in [6.45, 7) is 4.56. The van der Waals surface area contributed by atoms with Crippen LogP contribution in [-0.2, 0) is 29.5 Å². The molecule has 0 aromatic heterocycles. The molecule has 2 aliphatic rings. The molecular weight excluding hydrogens is 444 g/mol. The molecule has 0 unspecified atom stereocenters. The molecule has 4 rings (SSSR count). The fraction of sp³-hybridized carbons (Fsp3) is 0.500. The maximum Gasteiger partial charge on any atom is 0.247 e. The molecule has 0 radical (unpaired) electrons. The van der Waals surface area contributed by atoms with Crippen molar-refractivity contribution in [1.29, 1.82) is 0 Å². The van der Waals surface area contributed by atoms with E-state index in [0.29, 0.717) is 56.9 Å². The van der Waals surface area contributed by atoms with Crippen LogP contribution in [-0.4, -0.2) is 84.7 Å². The SMILES string of the molecule is CCOc1ccc2cc(S(=O)(=O)N3CCOCC3)ccc2c1S(=O)(=O)N1CCOCC1. The second kappa shape index (κ2) is 9.00. The molecule has 11 heteroatoms. The van der Waals surface area contributed by atoms with Crippen molar-refractivity contribution in [2.45, 2.75) is 16.7 Å². The number of morpholine rings is 2. The Bertz CT molecular complexity index is 1150. The van der Waals surface area contributed by atoms with Crippen molar-refractivity contribution >= 4 is 30.8 Å². The van der Waals surface area contributed by atoms with Gasteiger partial charge in [0.05, 0.1) is 37.9 Å². The van der Waals surface area contributed by atoms with Gasteiger partial charge >= 0.3 is 0 Å². The molecule has 9 nitrogen and oxygen atoms in total. The summed E-state index contributed by atoms with van der Waals surface area (Å²) in [7, 11) is -7.56. The smallest absolute Gasteiger partial charge is 0.247 e. The fourth-order valence-electron chi connectivity index (χ4n) is 3.81. The van der Waals surface area contributed by atoms with Gasteiger partial charge in [-0.25, -0.2) is 16.8 Å². The van der Waals surface area contributed by atoms with Crippen molar-refractivity contribution in [1.82, 2.24) is 8.61 Å². The molecule has 0 N–H and O–H groups in total. The second-order valence-corrected chi connectivity index (χ2v) is 11.1. The van der Waals surface area contributed by atoms with Gasteiger partial charge in [0, 0.05) is 31.6 Å². The van der Waals surface area contributed by atoms with Crippen molar-refractivity contribution in [2.24, 2.45) is 0 Å². The predicted octanol–water partition coefficient (Wildman–Crippen LogP) is 1.28. The number of hydrogen-bond donors (Lipinski definition) is 0. The summed E-state index contributed by atoms with van der Waals surface area (Å²) in [6, 6.07) is 7.81. The number of rotatable bonds is 6. The third-order valence-electron chi connectivity index (χ3n) is 5.38. The van der Waals surface area contributed by atoms with E-state index in [1.165, 1.54) is 20.7 Å². The summed E-state index contributed by atoms with van der Waals surface area (Å²) in [5, 5.41) is 0.947. The highest BCUT2D eigenvalue weighted by Crippen LogP contribution is 2.36. The maximum atomic E-state index is 13.5. The number of sulfonamides is 2. The molecule has 31 heavy (non-hydrogen) atoms. The van der Waals surface area contributed by atoms with Crippen molar-refractivity contribution in [2.75, 3.05) is 59.2 Å². The van der Waals surface area contributed by atoms with Crippen molar-refractivity contribution in [3.05, 3.63) is 30.3 Å². The van der Waals surface area contributed by atoms with E-state index in [1.807, 2.05) is 0 Å². The molecule has 0 aliphatic carbocycles. The number of fused-ring (bicyclic) bond motifs is 1. The molecule has 0 amide bonds. The number of nitrogens with zero attached hydrogens (tertiary/aromatic N) is 2. The van der Waals surface area contributed by atoms with Crippen LogP contribution >= 0.6 is 0 Å². The Morgan fingerprint density at radius 1 is 0.839 bits per heavy atom. The minimum atomic E-state index is -3.86. The monoisotopic (exact) mass is 470 g/mol. The van der Waals surface area contributed by atoms with E-state index in [9.17, 15) is 16.8 Å². The average molecular weight is 471 g/mol. The van der Waals surface area contributed by atoms with Gasteiger partial charge in [-0.15, -0.1) is 0 Å². The van der Waals surface area contributed by atoms with Crippen molar-refractivity contribution in [3.63, 3.8) is 0 Å². The standard InChI is InChI=1S/C20H26N2O7S2/c1-2-29-19-6-3-16-15-17(30(23,24)21-7-11-27-12-8-21)4-5-18(16)20(19)31(25,26)22-9-13-28-14-10-22/h3-6,15H,2,7-14H2,1H3. The molecule has 2 aromatic carbocycles. The van der Waals surface area contributed by atoms with Gasteiger partial charge in [-0.1, -0.05) is 12.1 Å². The lowest BCUT2D eigenvalue weighted by Crippen LogP contribution is -2.41. The maximum absolute atomic E-state index is 13.5. The zero-order chi connectivity index (χ0) is 22.1. The van der Waals surface area contributed by atoms with Crippen LogP contribution < -0.4 is 4.74 Å². The van der Waals surface area contributed by atoms with Gasteiger partial charge < -0.3 is 14.2 Å². The van der Waals surface area contributed by atoms with Gasteiger partial charge in [-0.05, 0) is 30.5 Å². The highest BCUT2D eigenvalue weighted by Gasteiger charge is 2.32. The zero-order valence-electron chi connectivity index (χ0n) is 17.3. The highest BCUT2D eigenvalue weighted by molar-refractivity contribution is 7.89. The van der Waals surface area contributed by atoms with Crippen LogP contribution in [0, 0.1) is 0 Å². The van der Waals surface area contributed by atoms with Crippen molar-refractivity contribution in [3.8, 4) is 5.75 Å². The van der Waals surface area contributed by atoms with E-state index in [-0.39, 0.29) is 28.6 Å². The van der Waals surface area contributed by atoms with Gasteiger partial charge in [0.1, 0.15) is 10.6 Å². The molecule has 2 heterocycles. The Labute approximate surface area is 182 Å². The lowest BCUT2D eigenvalue weighted by atomic mass is 10.1. The molecule has 2 saturated heterocycles. The summed E-state index contributed by atoms with van der Waals surface area (Å²) in [4.78, 5) is 0.185. The number of hydrogen-bond acceptors (Lipinski definition) is 7. The first-order chi connectivity index (χ1) is 14.9. The Morgan fingerprint density at radius 3 is 2.00 bits per heavy atom. The Kier molecular flexibility index (Phi) is 6.52. The summed E-state index contributed by atoms with van der Waals surface area (Å²) in [5.41, 5.74) is 0. The summed E-state index contributed by atoms with van der Waals surface area (Å²) >= 11 is 0. The van der Waals surface area contributed by atoms with E-state index in [4.69, 9.17) is 14.2 Å². The van der Waals surface area contributed by atoms with Crippen LogP contribution in [0.15, 0.2) is 40.1 Å². The largest absolute Gasteiger partial charge is 0.492 e. The van der Waals surface area contributed by atoms with Gasteiger partial charge in [0.15, 0.2) is 0 Å². The quantitative estimate of drug-likeness (QED) is 0.627. The van der Waals surface area contributed by atoms with Crippen molar-refractivity contribution < 1.29 is 31.0 Å². The van der Waals surface area contributed by atoms with E-state index in [0.717, 1.165) is 0 Å². The fourth-order valence-corrected chi connectivity index (χ4v) is 6.98. The lowest BCUT2D eigenvalue weighted by molar-refractivity contribution is 0.0730. The minimum Gasteiger partial charge on any atom is -0.492 e. The normalized spacial score (nSPS) is 19.5.